The second-order valence-electron chi connectivity index (χ2n) is 4.83. The molecule has 0 bridgehead atoms. The molecule has 0 fully saturated rings. The molecule has 0 atom stereocenters. The molecule has 0 amide bonds. The van der Waals surface area contributed by atoms with Crippen molar-refractivity contribution in [3.05, 3.63) is 36.5 Å². The molecule has 0 aliphatic carbocycles. The van der Waals surface area contributed by atoms with E-state index in [0.29, 0.717) is 0 Å². The Labute approximate surface area is 95.3 Å². The molecule has 1 heterocycles. The van der Waals surface area contributed by atoms with Crippen molar-refractivity contribution in [3.63, 3.8) is 0 Å². The van der Waals surface area contributed by atoms with E-state index in [1.54, 1.807) is 0 Å². The fraction of sp³-hybridized carbons (Fsp3) is 0.308. The molecule has 0 spiro atoms. The molecule has 0 saturated heterocycles. The number of benzene rings is 1. The largest absolute Gasteiger partial charge is 0.504 e. The number of rotatable bonds is 1. The van der Waals surface area contributed by atoms with Gasteiger partial charge in [0.05, 0.1) is 11.7 Å². The van der Waals surface area contributed by atoms with Crippen molar-refractivity contribution in [2.45, 2.75) is 26.3 Å². The van der Waals surface area contributed by atoms with Gasteiger partial charge in [-0.25, -0.2) is 0 Å². The molecule has 0 unspecified atom stereocenters. The molecule has 0 saturated carbocycles. The van der Waals surface area contributed by atoms with Crippen LogP contribution in [0.25, 0.3) is 11.3 Å². The van der Waals surface area contributed by atoms with Gasteiger partial charge in [0.2, 0.25) is 0 Å². The number of nitrogens with zero attached hydrogens (tertiary/aromatic N) is 2. The van der Waals surface area contributed by atoms with Gasteiger partial charge in [0.1, 0.15) is 5.69 Å². The van der Waals surface area contributed by atoms with Crippen molar-refractivity contribution >= 4 is 0 Å². The van der Waals surface area contributed by atoms with Crippen LogP contribution in [0.4, 0.5) is 0 Å². The van der Waals surface area contributed by atoms with E-state index in [1.165, 1.54) is 6.20 Å². The van der Waals surface area contributed by atoms with Crippen LogP contribution < -0.4 is 0 Å². The van der Waals surface area contributed by atoms with Crippen LogP contribution in [-0.2, 0) is 5.54 Å². The van der Waals surface area contributed by atoms with Crippen molar-refractivity contribution in [2.75, 3.05) is 0 Å². The maximum absolute atomic E-state index is 9.86. The fourth-order valence-corrected chi connectivity index (χ4v) is 1.71. The van der Waals surface area contributed by atoms with Gasteiger partial charge in [-0.1, -0.05) is 30.3 Å². The van der Waals surface area contributed by atoms with Gasteiger partial charge in [-0.3, -0.25) is 4.68 Å². The van der Waals surface area contributed by atoms with Gasteiger partial charge in [0, 0.05) is 5.56 Å². The Morgan fingerprint density at radius 2 is 1.75 bits per heavy atom. The molecular formula is C13H16N2O. The number of hydrogen-bond acceptors (Lipinski definition) is 2. The summed E-state index contributed by atoms with van der Waals surface area (Å²) in [6, 6.07) is 9.81. The van der Waals surface area contributed by atoms with E-state index in [1.807, 2.05) is 35.0 Å². The average Bonchev–Trinajstić information content (AvgIpc) is 2.61. The van der Waals surface area contributed by atoms with Gasteiger partial charge >= 0.3 is 0 Å². The van der Waals surface area contributed by atoms with Crippen LogP contribution in [0.15, 0.2) is 36.5 Å². The van der Waals surface area contributed by atoms with Crippen LogP contribution in [0.2, 0.25) is 0 Å². The third kappa shape index (κ3) is 1.81. The highest BCUT2D eigenvalue weighted by Crippen LogP contribution is 2.32. The van der Waals surface area contributed by atoms with Gasteiger partial charge in [-0.15, -0.1) is 0 Å². The van der Waals surface area contributed by atoms with Crippen molar-refractivity contribution in [3.8, 4) is 17.0 Å². The summed E-state index contributed by atoms with van der Waals surface area (Å²) in [4.78, 5) is 0. The first kappa shape index (κ1) is 10.7. The smallest absolute Gasteiger partial charge is 0.161 e. The lowest BCUT2D eigenvalue weighted by molar-refractivity contribution is 0.358. The summed E-state index contributed by atoms with van der Waals surface area (Å²) in [5.74, 6) is 0.223. The zero-order valence-electron chi connectivity index (χ0n) is 9.81. The first-order valence-corrected chi connectivity index (χ1v) is 5.33. The number of aromatic hydroxyl groups is 1. The maximum Gasteiger partial charge on any atom is 0.161 e. The molecule has 0 aliphatic rings. The summed E-state index contributed by atoms with van der Waals surface area (Å²) in [6.07, 6.45) is 1.49. The van der Waals surface area contributed by atoms with Crippen LogP contribution in [0, 0.1) is 0 Å². The van der Waals surface area contributed by atoms with E-state index < -0.39 is 0 Å². The van der Waals surface area contributed by atoms with E-state index in [9.17, 15) is 5.11 Å². The lowest BCUT2D eigenvalue weighted by Gasteiger charge is -2.22. The molecule has 1 N–H and O–H groups in total. The Hall–Kier alpha value is -1.77. The van der Waals surface area contributed by atoms with E-state index >= 15 is 0 Å². The van der Waals surface area contributed by atoms with Crippen molar-refractivity contribution in [1.82, 2.24) is 9.78 Å². The van der Waals surface area contributed by atoms with Crippen LogP contribution in [0.5, 0.6) is 5.75 Å². The van der Waals surface area contributed by atoms with Crippen LogP contribution in [0.3, 0.4) is 0 Å². The first-order valence-electron chi connectivity index (χ1n) is 5.33. The molecule has 3 heteroatoms. The van der Waals surface area contributed by atoms with Crippen LogP contribution in [0.1, 0.15) is 20.8 Å². The molecule has 1 aromatic heterocycles. The van der Waals surface area contributed by atoms with E-state index in [-0.39, 0.29) is 11.3 Å². The molecule has 84 valence electrons. The molecule has 1 aromatic carbocycles. The van der Waals surface area contributed by atoms with Gasteiger partial charge in [0.25, 0.3) is 0 Å². The second kappa shape index (κ2) is 3.67. The van der Waals surface area contributed by atoms with Gasteiger partial charge < -0.3 is 5.11 Å². The number of aromatic nitrogens is 2. The Morgan fingerprint density at radius 1 is 1.12 bits per heavy atom. The highest BCUT2D eigenvalue weighted by Gasteiger charge is 2.21. The monoisotopic (exact) mass is 216 g/mol. The summed E-state index contributed by atoms with van der Waals surface area (Å²) in [7, 11) is 0. The molecule has 3 nitrogen and oxygen atoms in total. The number of hydrogen-bond donors (Lipinski definition) is 1. The zero-order chi connectivity index (χ0) is 11.8. The van der Waals surface area contributed by atoms with Crippen LogP contribution >= 0.6 is 0 Å². The summed E-state index contributed by atoms with van der Waals surface area (Å²) >= 11 is 0. The molecule has 0 aliphatic heterocycles. The Morgan fingerprint density at radius 3 is 2.31 bits per heavy atom. The second-order valence-corrected chi connectivity index (χ2v) is 4.83. The first-order chi connectivity index (χ1) is 7.50. The summed E-state index contributed by atoms with van der Waals surface area (Å²) < 4.78 is 1.84. The standard InChI is InChI=1S/C13H16N2O/c1-13(2,3)15-12(11(16)9-14-15)10-7-5-4-6-8-10/h4-9,16H,1-3H3. The average molecular weight is 216 g/mol. The zero-order valence-corrected chi connectivity index (χ0v) is 9.81. The lowest BCUT2D eigenvalue weighted by atomic mass is 10.1. The Balaban J connectivity index is 2.61. The molecule has 2 aromatic rings. The molecule has 16 heavy (non-hydrogen) atoms. The topological polar surface area (TPSA) is 38.0 Å². The maximum atomic E-state index is 9.86. The molecule has 2 rings (SSSR count). The van der Waals surface area contributed by atoms with E-state index in [2.05, 4.69) is 25.9 Å². The minimum Gasteiger partial charge on any atom is -0.504 e. The minimum absolute atomic E-state index is 0.147. The third-order valence-electron chi connectivity index (χ3n) is 2.43. The molecular weight excluding hydrogens is 200 g/mol. The fourth-order valence-electron chi connectivity index (χ4n) is 1.71. The normalized spacial score (nSPS) is 11.7. The van der Waals surface area contributed by atoms with E-state index in [0.717, 1.165) is 11.3 Å². The predicted octanol–water partition coefficient (Wildman–Crippen LogP) is 3.01. The lowest BCUT2D eigenvalue weighted by Crippen LogP contribution is -2.23. The Bertz CT molecular complexity index is 480. The van der Waals surface area contributed by atoms with Gasteiger partial charge in [-0.2, -0.15) is 5.10 Å². The summed E-state index contributed by atoms with van der Waals surface area (Å²) in [5.41, 5.74) is 1.60. The highest BCUT2D eigenvalue weighted by atomic mass is 16.3. The molecule has 0 radical (unpaired) electrons. The quantitative estimate of drug-likeness (QED) is 0.795. The predicted molar refractivity (Wildman–Crippen MR) is 64.3 cm³/mol. The van der Waals surface area contributed by atoms with Crippen LogP contribution in [-0.4, -0.2) is 14.9 Å². The van der Waals surface area contributed by atoms with Crippen molar-refractivity contribution < 1.29 is 5.11 Å². The van der Waals surface area contributed by atoms with Crippen molar-refractivity contribution in [1.29, 1.82) is 0 Å². The Kier molecular flexibility index (Phi) is 2.46. The highest BCUT2D eigenvalue weighted by molar-refractivity contribution is 5.66. The van der Waals surface area contributed by atoms with Crippen molar-refractivity contribution in [2.24, 2.45) is 0 Å². The SMILES string of the molecule is CC(C)(C)n1ncc(O)c1-c1ccccc1. The van der Waals surface area contributed by atoms with Gasteiger partial charge in [-0.05, 0) is 20.8 Å². The summed E-state index contributed by atoms with van der Waals surface area (Å²) in [5, 5.41) is 14.1. The third-order valence-corrected chi connectivity index (χ3v) is 2.43. The summed E-state index contributed by atoms with van der Waals surface area (Å²) in [6.45, 7) is 6.18. The van der Waals surface area contributed by atoms with Gasteiger partial charge in [0.15, 0.2) is 5.75 Å². The minimum atomic E-state index is -0.147. The van der Waals surface area contributed by atoms with E-state index in [4.69, 9.17) is 0 Å².